The summed E-state index contributed by atoms with van der Waals surface area (Å²) in [7, 11) is 1.58. The molecule has 6 heteroatoms. The Kier molecular flexibility index (Phi) is 5.08. The van der Waals surface area contributed by atoms with Crippen LogP contribution < -0.4 is 14.8 Å². The zero-order valence-corrected chi connectivity index (χ0v) is 13.9. The predicted octanol–water partition coefficient (Wildman–Crippen LogP) is 3.98. The smallest absolute Gasteiger partial charge is 0.256 e. The van der Waals surface area contributed by atoms with E-state index in [1.165, 1.54) is 11.3 Å². The fourth-order valence-electron chi connectivity index (χ4n) is 2.11. The Bertz CT molecular complexity index is 804. The molecule has 5 nitrogen and oxygen atoms in total. The lowest BCUT2D eigenvalue weighted by Gasteiger charge is -2.13. The quantitative estimate of drug-likeness (QED) is 0.737. The minimum Gasteiger partial charge on any atom is -0.493 e. The summed E-state index contributed by atoms with van der Waals surface area (Å²) >= 11 is 1.48. The van der Waals surface area contributed by atoms with Crippen molar-refractivity contribution in [3.05, 3.63) is 70.7 Å². The maximum Gasteiger partial charge on any atom is 0.256 e. The zero-order valence-electron chi connectivity index (χ0n) is 13.1. The van der Waals surface area contributed by atoms with E-state index in [0.717, 1.165) is 5.56 Å². The molecule has 0 fully saturated rings. The van der Waals surface area contributed by atoms with Crippen molar-refractivity contribution in [1.82, 2.24) is 4.98 Å². The van der Waals surface area contributed by atoms with E-state index in [1.54, 1.807) is 49.1 Å². The number of carbonyl (C=O) groups is 1. The topological polar surface area (TPSA) is 60.5 Å². The van der Waals surface area contributed by atoms with Crippen LogP contribution in [0.25, 0.3) is 0 Å². The van der Waals surface area contributed by atoms with Gasteiger partial charge in [-0.15, -0.1) is 0 Å². The van der Waals surface area contributed by atoms with Crippen LogP contribution >= 0.6 is 11.3 Å². The summed E-state index contributed by atoms with van der Waals surface area (Å²) in [4.78, 5) is 16.2. The van der Waals surface area contributed by atoms with Crippen LogP contribution in [0, 0.1) is 0 Å². The van der Waals surface area contributed by atoms with E-state index in [1.807, 2.05) is 17.5 Å². The molecule has 0 aliphatic rings. The molecular formula is C18H16N2O3S. The number of aromatic nitrogens is 1. The molecule has 0 unspecified atom stereocenters. The monoisotopic (exact) mass is 340 g/mol. The first kappa shape index (κ1) is 16.0. The number of nitrogens with one attached hydrogen (secondary N) is 1. The van der Waals surface area contributed by atoms with Crippen LogP contribution in [-0.4, -0.2) is 18.0 Å². The summed E-state index contributed by atoms with van der Waals surface area (Å²) in [6.45, 7) is 0.367. The molecule has 3 rings (SSSR count). The van der Waals surface area contributed by atoms with Crippen molar-refractivity contribution in [2.45, 2.75) is 6.61 Å². The standard InChI is InChI=1S/C18H16N2O3S/c1-22-16-5-4-15(20-18(21)14-6-8-24-12-14)9-17(16)23-11-13-3-2-7-19-10-13/h2-10,12H,11H2,1H3,(H,20,21). The number of methoxy groups -OCH3 is 1. The third-order valence-electron chi connectivity index (χ3n) is 3.32. The Balaban J connectivity index is 1.74. The molecule has 0 aliphatic carbocycles. The number of pyridine rings is 1. The number of amides is 1. The van der Waals surface area contributed by atoms with Crippen molar-refractivity contribution in [3.8, 4) is 11.5 Å². The summed E-state index contributed by atoms with van der Waals surface area (Å²) in [6.07, 6.45) is 3.46. The number of hydrogen-bond donors (Lipinski definition) is 1. The van der Waals surface area contributed by atoms with Crippen LogP contribution in [0.5, 0.6) is 11.5 Å². The molecule has 0 spiro atoms. The molecule has 3 aromatic rings. The number of carbonyl (C=O) groups excluding carboxylic acids is 1. The molecule has 24 heavy (non-hydrogen) atoms. The van der Waals surface area contributed by atoms with Gasteiger partial charge in [0, 0.05) is 35.1 Å². The maximum absolute atomic E-state index is 12.1. The highest BCUT2D eigenvalue weighted by molar-refractivity contribution is 7.08. The Hall–Kier alpha value is -2.86. The van der Waals surface area contributed by atoms with E-state index in [2.05, 4.69) is 10.3 Å². The van der Waals surface area contributed by atoms with Crippen molar-refractivity contribution in [1.29, 1.82) is 0 Å². The molecule has 122 valence electrons. The first-order chi connectivity index (χ1) is 11.8. The van der Waals surface area contributed by atoms with E-state index in [9.17, 15) is 4.79 Å². The van der Waals surface area contributed by atoms with Gasteiger partial charge in [0.25, 0.3) is 5.91 Å². The van der Waals surface area contributed by atoms with Gasteiger partial charge in [-0.3, -0.25) is 9.78 Å². The van der Waals surface area contributed by atoms with Crippen LogP contribution in [0.4, 0.5) is 5.69 Å². The van der Waals surface area contributed by atoms with Gasteiger partial charge in [-0.1, -0.05) is 6.07 Å². The van der Waals surface area contributed by atoms with E-state index >= 15 is 0 Å². The molecule has 0 aliphatic heterocycles. The Labute approximate surface area is 143 Å². The highest BCUT2D eigenvalue weighted by Gasteiger charge is 2.10. The van der Waals surface area contributed by atoms with Crippen LogP contribution in [-0.2, 0) is 6.61 Å². The van der Waals surface area contributed by atoms with Gasteiger partial charge in [0.15, 0.2) is 11.5 Å². The van der Waals surface area contributed by atoms with E-state index in [0.29, 0.717) is 29.4 Å². The fraction of sp³-hybridized carbons (Fsp3) is 0.111. The number of hydrogen-bond acceptors (Lipinski definition) is 5. The highest BCUT2D eigenvalue weighted by atomic mass is 32.1. The molecule has 1 amide bonds. The summed E-state index contributed by atoms with van der Waals surface area (Å²) < 4.78 is 11.1. The molecule has 1 N–H and O–H groups in total. The first-order valence-corrected chi connectivity index (χ1v) is 8.24. The molecule has 0 radical (unpaired) electrons. The van der Waals surface area contributed by atoms with Gasteiger partial charge in [0.1, 0.15) is 6.61 Å². The Morgan fingerprint density at radius 3 is 2.88 bits per heavy atom. The molecule has 0 saturated carbocycles. The van der Waals surface area contributed by atoms with E-state index < -0.39 is 0 Å². The van der Waals surface area contributed by atoms with Crippen molar-refractivity contribution in [3.63, 3.8) is 0 Å². The van der Waals surface area contributed by atoms with E-state index in [-0.39, 0.29) is 5.91 Å². The number of benzene rings is 1. The minimum absolute atomic E-state index is 0.153. The predicted molar refractivity (Wildman–Crippen MR) is 93.8 cm³/mol. The Morgan fingerprint density at radius 1 is 1.25 bits per heavy atom. The summed E-state index contributed by atoms with van der Waals surface area (Å²) in [5.74, 6) is 1.01. The minimum atomic E-state index is -0.153. The van der Waals surface area contributed by atoms with Crippen LogP contribution in [0.3, 0.4) is 0 Å². The van der Waals surface area contributed by atoms with E-state index in [4.69, 9.17) is 9.47 Å². The molecule has 2 aromatic heterocycles. The summed E-state index contributed by atoms with van der Waals surface area (Å²) in [5, 5.41) is 6.52. The molecule has 2 heterocycles. The van der Waals surface area contributed by atoms with Gasteiger partial charge in [0.05, 0.1) is 12.7 Å². The van der Waals surface area contributed by atoms with Crippen LogP contribution in [0.2, 0.25) is 0 Å². The highest BCUT2D eigenvalue weighted by Crippen LogP contribution is 2.31. The number of nitrogens with zero attached hydrogens (tertiary/aromatic N) is 1. The number of thiophene rings is 1. The van der Waals surface area contributed by atoms with Crippen molar-refractivity contribution in [2.24, 2.45) is 0 Å². The average molecular weight is 340 g/mol. The molecule has 1 aromatic carbocycles. The van der Waals surface area contributed by atoms with Crippen LogP contribution in [0.1, 0.15) is 15.9 Å². The third kappa shape index (κ3) is 3.91. The summed E-state index contributed by atoms with van der Waals surface area (Å²) in [6, 6.07) is 10.9. The molecule has 0 saturated heterocycles. The lowest BCUT2D eigenvalue weighted by atomic mass is 10.2. The van der Waals surface area contributed by atoms with Gasteiger partial charge in [-0.2, -0.15) is 11.3 Å². The number of rotatable bonds is 6. The van der Waals surface area contributed by atoms with Crippen molar-refractivity contribution < 1.29 is 14.3 Å². The second-order valence-electron chi connectivity index (χ2n) is 4.98. The lowest BCUT2D eigenvalue weighted by Crippen LogP contribution is -2.11. The Morgan fingerprint density at radius 2 is 2.17 bits per heavy atom. The van der Waals surface area contributed by atoms with Crippen LogP contribution in [0.15, 0.2) is 59.6 Å². The fourth-order valence-corrected chi connectivity index (χ4v) is 2.74. The van der Waals surface area contributed by atoms with Gasteiger partial charge in [-0.25, -0.2) is 0 Å². The van der Waals surface area contributed by atoms with Gasteiger partial charge < -0.3 is 14.8 Å². The SMILES string of the molecule is COc1ccc(NC(=O)c2ccsc2)cc1OCc1cccnc1. The molecule has 0 bridgehead atoms. The average Bonchev–Trinajstić information content (AvgIpc) is 3.16. The maximum atomic E-state index is 12.1. The van der Waals surface area contributed by atoms with Crippen molar-refractivity contribution in [2.75, 3.05) is 12.4 Å². The summed E-state index contributed by atoms with van der Waals surface area (Å²) in [5.41, 5.74) is 2.23. The number of ether oxygens (including phenoxy) is 2. The van der Waals surface area contributed by atoms with Gasteiger partial charge in [0.2, 0.25) is 0 Å². The normalized spacial score (nSPS) is 10.2. The zero-order chi connectivity index (χ0) is 16.8. The largest absolute Gasteiger partial charge is 0.493 e. The third-order valence-corrected chi connectivity index (χ3v) is 4.01. The number of anilines is 1. The first-order valence-electron chi connectivity index (χ1n) is 7.29. The lowest BCUT2D eigenvalue weighted by molar-refractivity contribution is 0.102. The molecule has 0 atom stereocenters. The van der Waals surface area contributed by atoms with Gasteiger partial charge in [-0.05, 0) is 29.6 Å². The van der Waals surface area contributed by atoms with Gasteiger partial charge >= 0.3 is 0 Å². The second-order valence-corrected chi connectivity index (χ2v) is 5.76. The van der Waals surface area contributed by atoms with Crippen molar-refractivity contribution >= 4 is 22.9 Å². The second kappa shape index (κ2) is 7.61. The molecular weight excluding hydrogens is 324 g/mol.